The molecule has 3 heteroatoms. The van der Waals surface area contributed by atoms with Gasteiger partial charge in [-0.15, -0.1) is 0 Å². The molecule has 0 aromatic heterocycles. The van der Waals surface area contributed by atoms with Crippen molar-refractivity contribution in [3.8, 4) is 0 Å². The van der Waals surface area contributed by atoms with E-state index in [-0.39, 0.29) is 17.9 Å². The number of carbonyl (C=O) groups is 2. The number of ether oxygens (including phenoxy) is 1. The lowest BCUT2D eigenvalue weighted by molar-refractivity contribution is -0.114. The predicted molar refractivity (Wildman–Crippen MR) is 77.5 cm³/mol. The Morgan fingerprint density at radius 3 is 2.70 bits per heavy atom. The Labute approximate surface area is 119 Å². The van der Waals surface area contributed by atoms with Gasteiger partial charge in [0.25, 0.3) is 0 Å². The Kier molecular flexibility index (Phi) is 5.54. The van der Waals surface area contributed by atoms with Crippen LogP contribution in [-0.4, -0.2) is 17.9 Å². The third kappa shape index (κ3) is 4.65. The van der Waals surface area contributed by atoms with Gasteiger partial charge in [-0.1, -0.05) is 24.3 Å². The zero-order valence-electron chi connectivity index (χ0n) is 11.6. The van der Waals surface area contributed by atoms with Gasteiger partial charge in [-0.05, 0) is 50.3 Å². The molecule has 3 nitrogen and oxygen atoms in total. The standard InChI is InChI=1S/C17H20O3/c18-15-10-4-6-12-16(13-7-5-11-15)20-17(19)14-8-2-1-3-9-14/h1-4,8-10,16H,5-7,11-13H2. The molecule has 0 saturated heterocycles. The fourth-order valence-electron chi connectivity index (χ4n) is 2.31. The van der Waals surface area contributed by atoms with E-state index in [1.54, 1.807) is 18.2 Å². The van der Waals surface area contributed by atoms with E-state index < -0.39 is 0 Å². The van der Waals surface area contributed by atoms with Crippen molar-refractivity contribution in [3.05, 3.63) is 48.0 Å². The lowest BCUT2D eigenvalue weighted by atomic mass is 10.0. The van der Waals surface area contributed by atoms with E-state index in [1.807, 2.05) is 24.3 Å². The Balaban J connectivity index is 1.92. The summed E-state index contributed by atoms with van der Waals surface area (Å²) < 4.78 is 5.58. The maximum atomic E-state index is 12.0. The van der Waals surface area contributed by atoms with Gasteiger partial charge in [0.1, 0.15) is 6.10 Å². The highest BCUT2D eigenvalue weighted by atomic mass is 16.5. The zero-order chi connectivity index (χ0) is 14.2. The molecule has 1 aliphatic rings. The van der Waals surface area contributed by atoms with E-state index >= 15 is 0 Å². The van der Waals surface area contributed by atoms with Crippen molar-refractivity contribution in [2.24, 2.45) is 0 Å². The van der Waals surface area contributed by atoms with Crippen LogP contribution in [0.2, 0.25) is 0 Å². The van der Waals surface area contributed by atoms with Crippen molar-refractivity contribution in [1.82, 2.24) is 0 Å². The van der Waals surface area contributed by atoms with Gasteiger partial charge in [0.15, 0.2) is 5.78 Å². The van der Waals surface area contributed by atoms with Gasteiger partial charge in [-0.2, -0.15) is 0 Å². The first kappa shape index (κ1) is 14.5. The van der Waals surface area contributed by atoms with Crippen molar-refractivity contribution < 1.29 is 14.3 Å². The highest BCUT2D eigenvalue weighted by Gasteiger charge is 2.16. The molecule has 106 valence electrons. The Morgan fingerprint density at radius 1 is 1.10 bits per heavy atom. The average molecular weight is 272 g/mol. The molecular formula is C17H20O3. The van der Waals surface area contributed by atoms with Crippen LogP contribution in [-0.2, 0) is 9.53 Å². The maximum Gasteiger partial charge on any atom is 0.338 e. The fraction of sp³-hybridized carbons (Fsp3) is 0.412. The van der Waals surface area contributed by atoms with Gasteiger partial charge in [0.05, 0.1) is 5.56 Å². The normalized spacial score (nSPS) is 20.4. The van der Waals surface area contributed by atoms with E-state index in [4.69, 9.17) is 4.74 Å². The maximum absolute atomic E-state index is 12.0. The number of ketones is 1. The molecule has 0 fully saturated rings. The van der Waals surface area contributed by atoms with Gasteiger partial charge >= 0.3 is 5.97 Å². The molecular weight excluding hydrogens is 252 g/mol. The van der Waals surface area contributed by atoms with E-state index in [0.29, 0.717) is 12.0 Å². The van der Waals surface area contributed by atoms with Crippen LogP contribution in [0, 0.1) is 0 Å². The summed E-state index contributed by atoms with van der Waals surface area (Å²) >= 11 is 0. The molecule has 0 heterocycles. The third-order valence-electron chi connectivity index (χ3n) is 3.44. The van der Waals surface area contributed by atoms with Crippen LogP contribution >= 0.6 is 0 Å². The third-order valence-corrected chi connectivity index (χ3v) is 3.44. The molecule has 1 aromatic rings. The molecule has 0 bridgehead atoms. The molecule has 0 amide bonds. The first-order chi connectivity index (χ1) is 9.75. The number of hydrogen-bond donors (Lipinski definition) is 0. The summed E-state index contributed by atoms with van der Waals surface area (Å²) in [6, 6.07) is 9.07. The minimum atomic E-state index is -0.257. The summed E-state index contributed by atoms with van der Waals surface area (Å²) in [5.74, 6) is -0.0579. The molecule has 1 aromatic carbocycles. The van der Waals surface area contributed by atoms with Crippen molar-refractivity contribution in [1.29, 1.82) is 0 Å². The Hall–Kier alpha value is -1.90. The molecule has 2 rings (SSSR count). The first-order valence-corrected chi connectivity index (χ1v) is 7.21. The smallest absolute Gasteiger partial charge is 0.338 e. The minimum absolute atomic E-state index is 0.0550. The van der Waals surface area contributed by atoms with Crippen molar-refractivity contribution in [2.45, 2.75) is 44.6 Å². The van der Waals surface area contributed by atoms with Crippen LogP contribution in [0.1, 0.15) is 48.9 Å². The Morgan fingerprint density at radius 2 is 1.90 bits per heavy atom. The fourth-order valence-corrected chi connectivity index (χ4v) is 2.31. The molecule has 1 aliphatic carbocycles. The van der Waals surface area contributed by atoms with Crippen LogP contribution in [0.4, 0.5) is 0 Å². The predicted octanol–water partition coefficient (Wildman–Crippen LogP) is 3.69. The lowest BCUT2D eigenvalue weighted by Gasteiger charge is -2.18. The first-order valence-electron chi connectivity index (χ1n) is 7.21. The summed E-state index contributed by atoms with van der Waals surface area (Å²) in [7, 11) is 0. The van der Waals surface area contributed by atoms with Crippen LogP contribution in [0.15, 0.2) is 42.5 Å². The second-order valence-electron chi connectivity index (χ2n) is 5.09. The molecule has 0 radical (unpaired) electrons. The summed E-state index contributed by atoms with van der Waals surface area (Å²) in [5.41, 5.74) is 0.593. The topological polar surface area (TPSA) is 43.4 Å². The average Bonchev–Trinajstić information content (AvgIpc) is 2.48. The van der Waals surface area contributed by atoms with Crippen molar-refractivity contribution in [3.63, 3.8) is 0 Å². The van der Waals surface area contributed by atoms with Gasteiger partial charge in [-0.25, -0.2) is 4.79 Å². The lowest BCUT2D eigenvalue weighted by Crippen LogP contribution is -2.18. The quantitative estimate of drug-likeness (QED) is 0.771. The second-order valence-corrected chi connectivity index (χ2v) is 5.09. The number of benzene rings is 1. The number of rotatable bonds is 2. The highest BCUT2D eigenvalue weighted by molar-refractivity contribution is 5.90. The van der Waals surface area contributed by atoms with Crippen LogP contribution in [0.25, 0.3) is 0 Å². The van der Waals surface area contributed by atoms with E-state index in [1.165, 1.54) is 0 Å². The van der Waals surface area contributed by atoms with Crippen LogP contribution in [0.3, 0.4) is 0 Å². The van der Waals surface area contributed by atoms with Gasteiger partial charge in [-0.3, -0.25) is 4.79 Å². The molecule has 0 N–H and O–H groups in total. The number of allylic oxidation sites excluding steroid dienone is 2. The van der Waals surface area contributed by atoms with E-state index in [2.05, 4.69) is 0 Å². The number of hydrogen-bond acceptors (Lipinski definition) is 3. The zero-order valence-corrected chi connectivity index (χ0v) is 11.6. The molecule has 1 unspecified atom stereocenters. The van der Waals surface area contributed by atoms with E-state index in [9.17, 15) is 9.59 Å². The molecule has 0 aliphatic heterocycles. The van der Waals surface area contributed by atoms with Crippen molar-refractivity contribution in [2.75, 3.05) is 0 Å². The molecule has 0 saturated carbocycles. The SMILES string of the molecule is O=C1C=CCCC(OC(=O)c2ccccc2)CCCC1. The van der Waals surface area contributed by atoms with Gasteiger partial charge in [0.2, 0.25) is 0 Å². The summed E-state index contributed by atoms with van der Waals surface area (Å²) in [5, 5.41) is 0. The second kappa shape index (κ2) is 7.63. The number of esters is 1. The minimum Gasteiger partial charge on any atom is -0.459 e. The van der Waals surface area contributed by atoms with Gasteiger partial charge in [0, 0.05) is 6.42 Å². The summed E-state index contributed by atoms with van der Waals surface area (Å²) in [6.45, 7) is 0. The van der Waals surface area contributed by atoms with Crippen LogP contribution < -0.4 is 0 Å². The summed E-state index contributed by atoms with van der Waals surface area (Å²) in [6.07, 6.45) is 8.25. The largest absolute Gasteiger partial charge is 0.459 e. The highest BCUT2D eigenvalue weighted by Crippen LogP contribution is 2.16. The van der Waals surface area contributed by atoms with Gasteiger partial charge < -0.3 is 4.74 Å². The molecule has 0 spiro atoms. The summed E-state index contributed by atoms with van der Waals surface area (Å²) in [4.78, 5) is 23.4. The Bertz CT molecular complexity index is 476. The number of carbonyl (C=O) groups excluding carboxylic acids is 2. The monoisotopic (exact) mass is 272 g/mol. The van der Waals surface area contributed by atoms with Crippen LogP contribution in [0.5, 0.6) is 0 Å². The molecule has 20 heavy (non-hydrogen) atoms. The van der Waals surface area contributed by atoms with Crippen molar-refractivity contribution >= 4 is 11.8 Å². The van der Waals surface area contributed by atoms with E-state index in [0.717, 1.165) is 32.1 Å². The molecule has 1 atom stereocenters.